The fourth-order valence-electron chi connectivity index (χ4n) is 1.63. The van der Waals surface area contributed by atoms with Crippen molar-refractivity contribution in [1.82, 2.24) is 4.98 Å². The van der Waals surface area contributed by atoms with Crippen LogP contribution >= 0.6 is 11.3 Å². The number of aliphatic hydroxyl groups excluding tert-OH is 3. The van der Waals surface area contributed by atoms with Gasteiger partial charge >= 0.3 is 0 Å². The molecule has 18 heavy (non-hydrogen) atoms. The van der Waals surface area contributed by atoms with E-state index in [9.17, 15) is 0 Å². The van der Waals surface area contributed by atoms with Gasteiger partial charge in [0.1, 0.15) is 18.3 Å². The summed E-state index contributed by atoms with van der Waals surface area (Å²) in [5.41, 5.74) is 2.97. The summed E-state index contributed by atoms with van der Waals surface area (Å²) < 4.78 is 6.04. The van der Waals surface area contributed by atoms with E-state index in [1.165, 1.54) is 4.70 Å². The zero-order chi connectivity index (χ0) is 13.0. The average molecular weight is 269 g/mol. The van der Waals surface area contributed by atoms with E-state index in [0.717, 1.165) is 5.52 Å². The largest absolute Gasteiger partial charge is 0.394 e. The Labute approximate surface area is 108 Å². The lowest BCUT2D eigenvalue weighted by Gasteiger charge is -2.10. The Morgan fingerprint density at radius 1 is 1.33 bits per heavy atom. The molecule has 0 amide bonds. The summed E-state index contributed by atoms with van der Waals surface area (Å²) in [6.45, 7) is -0.120. The van der Waals surface area contributed by atoms with Crippen molar-refractivity contribution < 1.29 is 20.1 Å². The smallest absolute Gasteiger partial charge is 0.110 e. The number of para-hydroxylation sites is 1. The molecule has 98 valence electrons. The minimum atomic E-state index is -0.921. The zero-order valence-corrected chi connectivity index (χ0v) is 10.5. The van der Waals surface area contributed by atoms with E-state index < -0.39 is 18.3 Å². The fourth-order valence-corrected chi connectivity index (χ4v) is 2.31. The zero-order valence-electron chi connectivity index (χ0n) is 9.64. The van der Waals surface area contributed by atoms with E-state index in [2.05, 4.69) is 11.1 Å². The van der Waals surface area contributed by atoms with Crippen LogP contribution in [-0.2, 0) is 4.74 Å². The topological polar surface area (TPSA) is 82.8 Å². The second-order valence-electron chi connectivity index (χ2n) is 3.93. The van der Waals surface area contributed by atoms with Crippen molar-refractivity contribution in [2.24, 2.45) is 0 Å². The van der Waals surface area contributed by atoms with Gasteiger partial charge in [-0.1, -0.05) is 12.1 Å². The van der Waals surface area contributed by atoms with Crippen LogP contribution in [0.1, 0.15) is 0 Å². The first-order valence-corrected chi connectivity index (χ1v) is 6.47. The third kappa shape index (κ3) is 3.04. The van der Waals surface area contributed by atoms with E-state index in [1.807, 2.05) is 23.7 Å². The first-order chi connectivity index (χ1) is 8.72. The van der Waals surface area contributed by atoms with Gasteiger partial charge in [-0.3, -0.25) is 0 Å². The van der Waals surface area contributed by atoms with Gasteiger partial charge in [-0.25, -0.2) is 4.98 Å². The van der Waals surface area contributed by atoms with Crippen LogP contribution in [0.5, 0.6) is 0 Å². The van der Waals surface area contributed by atoms with Gasteiger partial charge in [-0.2, -0.15) is 0 Å². The molecular weight excluding hydrogens is 254 g/mol. The predicted molar refractivity (Wildman–Crippen MR) is 68.5 cm³/mol. The van der Waals surface area contributed by atoms with Crippen LogP contribution < -0.4 is 0 Å². The molecule has 6 heteroatoms. The van der Waals surface area contributed by atoms with Crippen molar-refractivity contribution in [3.63, 3.8) is 0 Å². The Morgan fingerprint density at radius 2 is 2.11 bits per heavy atom. The Hall–Kier alpha value is -1.05. The highest BCUT2D eigenvalue weighted by atomic mass is 32.1. The van der Waals surface area contributed by atoms with Crippen molar-refractivity contribution in [3.05, 3.63) is 29.8 Å². The number of rotatable bonds is 1. The molecule has 1 aliphatic rings. The van der Waals surface area contributed by atoms with E-state index in [1.54, 1.807) is 11.3 Å². The molecule has 2 heterocycles. The van der Waals surface area contributed by atoms with E-state index in [4.69, 9.17) is 20.1 Å². The highest BCUT2D eigenvalue weighted by Crippen LogP contribution is 2.15. The third-order valence-corrected chi connectivity index (χ3v) is 3.48. The number of benzene rings is 1. The van der Waals surface area contributed by atoms with Crippen molar-refractivity contribution in [2.45, 2.75) is 18.3 Å². The number of hydrogen-bond donors (Lipinski definition) is 3. The number of fused-ring (bicyclic) bond motifs is 1. The second-order valence-corrected chi connectivity index (χ2v) is 4.82. The van der Waals surface area contributed by atoms with Gasteiger partial charge in [-0.15, -0.1) is 11.3 Å². The second kappa shape index (κ2) is 6.21. The predicted octanol–water partition coefficient (Wildman–Crippen LogP) is 0.396. The van der Waals surface area contributed by atoms with Crippen LogP contribution in [0.15, 0.2) is 29.8 Å². The van der Waals surface area contributed by atoms with Crippen LogP contribution in [0.3, 0.4) is 0 Å². The van der Waals surface area contributed by atoms with Crippen LogP contribution in [-0.4, -0.2) is 51.8 Å². The fraction of sp³-hybridized carbons (Fsp3) is 0.417. The molecule has 3 rings (SSSR count). The molecule has 3 N–H and O–H groups in total. The lowest BCUT2D eigenvalue weighted by atomic mass is 10.2. The standard InChI is InChI=1S/C7H5NS.C5H10O4/c1-2-4-7-6(3-1)8-5-9-7;6-1-4-5(8)3(7)2-9-4/h1-5H;3-8H,1-2H2/t;3-,4+,5-/m.0/s1. The number of ether oxygens (including phenoxy) is 1. The highest BCUT2D eigenvalue weighted by Gasteiger charge is 2.33. The number of hydrogen-bond acceptors (Lipinski definition) is 6. The molecule has 0 unspecified atom stereocenters. The first kappa shape index (κ1) is 13.4. The van der Waals surface area contributed by atoms with Gasteiger partial charge < -0.3 is 20.1 Å². The molecule has 1 aliphatic heterocycles. The summed E-state index contributed by atoms with van der Waals surface area (Å²) in [5, 5.41) is 26.2. The molecule has 1 saturated heterocycles. The van der Waals surface area contributed by atoms with E-state index in [0.29, 0.717) is 0 Å². The van der Waals surface area contributed by atoms with Crippen LogP contribution in [0.2, 0.25) is 0 Å². The summed E-state index contributed by atoms with van der Waals surface area (Å²) in [6.07, 6.45) is -2.35. The molecule has 2 aromatic rings. The molecule has 3 atom stereocenters. The maximum absolute atomic E-state index is 8.92. The van der Waals surface area contributed by atoms with Gasteiger partial charge in [0.15, 0.2) is 0 Å². The summed E-state index contributed by atoms with van der Waals surface area (Å²) in [6, 6.07) is 8.13. The Kier molecular flexibility index (Phi) is 4.62. The maximum Gasteiger partial charge on any atom is 0.110 e. The Morgan fingerprint density at radius 3 is 2.67 bits per heavy atom. The van der Waals surface area contributed by atoms with E-state index >= 15 is 0 Å². The normalized spacial score (nSPS) is 26.9. The van der Waals surface area contributed by atoms with Crippen molar-refractivity contribution in [3.8, 4) is 0 Å². The first-order valence-electron chi connectivity index (χ1n) is 5.59. The monoisotopic (exact) mass is 269 g/mol. The molecular formula is C12H15NO4S. The Balaban J connectivity index is 0.000000134. The molecule has 0 aliphatic carbocycles. The summed E-state index contributed by atoms with van der Waals surface area (Å²) in [5.74, 6) is 0. The van der Waals surface area contributed by atoms with Gasteiger partial charge in [-0.05, 0) is 12.1 Å². The molecule has 1 aromatic carbocycles. The molecule has 0 bridgehead atoms. The van der Waals surface area contributed by atoms with E-state index in [-0.39, 0.29) is 13.2 Å². The lowest BCUT2D eigenvalue weighted by Crippen LogP contribution is -2.31. The highest BCUT2D eigenvalue weighted by molar-refractivity contribution is 7.16. The van der Waals surface area contributed by atoms with Crippen molar-refractivity contribution in [2.75, 3.05) is 13.2 Å². The summed E-state index contributed by atoms with van der Waals surface area (Å²) >= 11 is 1.68. The number of thiazole rings is 1. The molecule has 0 spiro atoms. The minimum absolute atomic E-state index is 0.117. The van der Waals surface area contributed by atoms with Crippen LogP contribution in [0.25, 0.3) is 10.2 Å². The Bertz CT molecular complexity index is 459. The molecule has 1 aromatic heterocycles. The lowest BCUT2D eigenvalue weighted by molar-refractivity contribution is -0.00588. The van der Waals surface area contributed by atoms with Gasteiger partial charge in [0, 0.05) is 0 Å². The van der Waals surface area contributed by atoms with Crippen molar-refractivity contribution >= 4 is 21.6 Å². The average Bonchev–Trinajstić information content (AvgIpc) is 2.98. The quantitative estimate of drug-likeness (QED) is 0.698. The molecule has 0 radical (unpaired) electrons. The van der Waals surface area contributed by atoms with Crippen LogP contribution in [0, 0.1) is 0 Å². The number of nitrogens with zero attached hydrogens (tertiary/aromatic N) is 1. The van der Waals surface area contributed by atoms with Crippen molar-refractivity contribution in [1.29, 1.82) is 0 Å². The van der Waals surface area contributed by atoms with Gasteiger partial charge in [0.2, 0.25) is 0 Å². The third-order valence-electron chi connectivity index (χ3n) is 2.67. The number of aromatic nitrogens is 1. The summed E-state index contributed by atoms with van der Waals surface area (Å²) in [4.78, 5) is 4.14. The van der Waals surface area contributed by atoms with Crippen LogP contribution in [0.4, 0.5) is 0 Å². The minimum Gasteiger partial charge on any atom is -0.394 e. The van der Waals surface area contributed by atoms with Gasteiger partial charge in [0.05, 0.1) is 28.9 Å². The van der Waals surface area contributed by atoms with Gasteiger partial charge in [0.25, 0.3) is 0 Å². The molecule has 1 fully saturated rings. The molecule has 5 nitrogen and oxygen atoms in total. The number of aliphatic hydroxyl groups is 3. The molecule has 0 saturated carbocycles. The maximum atomic E-state index is 8.92. The SMILES string of the molecule is OC[C@H]1OC[C@H](O)[C@@H]1O.c1ccc2scnc2c1. The summed E-state index contributed by atoms with van der Waals surface area (Å²) in [7, 11) is 0.